The van der Waals surface area contributed by atoms with Gasteiger partial charge >= 0.3 is 0 Å². The predicted octanol–water partition coefficient (Wildman–Crippen LogP) is 2.26. The highest BCUT2D eigenvalue weighted by Gasteiger charge is 2.23. The Morgan fingerprint density at radius 1 is 1.36 bits per heavy atom. The number of nitrogens with one attached hydrogen (secondary N) is 2. The summed E-state index contributed by atoms with van der Waals surface area (Å²) in [6.07, 6.45) is -0.155. The lowest BCUT2D eigenvalue weighted by Gasteiger charge is -2.24. The smallest absolute Gasteiger partial charge is 0.244 e. The van der Waals surface area contributed by atoms with Crippen LogP contribution in [0.3, 0.4) is 0 Å². The Labute approximate surface area is 138 Å². The Morgan fingerprint density at radius 2 is 2.00 bits per heavy atom. The van der Waals surface area contributed by atoms with Crippen LogP contribution in [0.4, 0.5) is 5.69 Å². The number of halogens is 1. The second kappa shape index (κ2) is 7.71. The van der Waals surface area contributed by atoms with Gasteiger partial charge in [-0.05, 0) is 51.5 Å². The molecular formula is C15H22BrN3O3. The van der Waals surface area contributed by atoms with Gasteiger partial charge in [-0.3, -0.25) is 14.4 Å². The Kier molecular flexibility index (Phi) is 6.52. The van der Waals surface area contributed by atoms with Crippen molar-refractivity contribution >= 4 is 33.4 Å². The first-order chi connectivity index (χ1) is 10.1. The Morgan fingerprint density at radius 3 is 2.50 bits per heavy atom. The van der Waals surface area contributed by atoms with Crippen LogP contribution in [0.25, 0.3) is 0 Å². The van der Waals surface area contributed by atoms with Crippen molar-refractivity contribution in [3.05, 3.63) is 28.2 Å². The summed E-state index contributed by atoms with van der Waals surface area (Å²) in [6, 6.07) is 4.57. The minimum atomic E-state index is -0.860. The summed E-state index contributed by atoms with van der Waals surface area (Å²) in [5, 5.41) is 2.74. The highest BCUT2D eigenvalue weighted by Crippen LogP contribution is 2.20. The van der Waals surface area contributed by atoms with Crippen LogP contribution < -0.4 is 16.5 Å². The van der Waals surface area contributed by atoms with Gasteiger partial charge in [-0.15, -0.1) is 0 Å². The van der Waals surface area contributed by atoms with Crippen molar-refractivity contribution in [1.82, 2.24) is 5.48 Å². The molecule has 0 radical (unpaired) electrons. The molecule has 1 rings (SSSR count). The zero-order valence-corrected chi connectivity index (χ0v) is 14.8. The van der Waals surface area contributed by atoms with Crippen LogP contribution in [-0.4, -0.2) is 23.5 Å². The maximum absolute atomic E-state index is 12.3. The van der Waals surface area contributed by atoms with E-state index in [9.17, 15) is 9.59 Å². The fourth-order valence-electron chi connectivity index (χ4n) is 1.59. The lowest BCUT2D eigenvalue weighted by atomic mass is 10.1. The molecule has 0 heterocycles. The molecule has 0 aliphatic carbocycles. The third-order valence-electron chi connectivity index (χ3n) is 2.65. The number of aryl methyl sites for hydroxylation is 1. The molecule has 2 amide bonds. The van der Waals surface area contributed by atoms with Crippen LogP contribution in [0.1, 0.15) is 32.8 Å². The number of nitrogens with two attached hydrogens (primary N) is 1. The Hall–Kier alpha value is -1.44. The minimum absolute atomic E-state index is 0.155. The number of hydroxylamine groups is 1. The largest absolute Gasteiger partial charge is 0.370 e. The minimum Gasteiger partial charge on any atom is -0.370 e. The van der Waals surface area contributed by atoms with E-state index in [0.717, 1.165) is 10.0 Å². The van der Waals surface area contributed by atoms with Gasteiger partial charge < -0.3 is 11.1 Å². The molecule has 22 heavy (non-hydrogen) atoms. The molecule has 0 aliphatic rings. The van der Waals surface area contributed by atoms with Crippen molar-refractivity contribution < 1.29 is 14.4 Å². The van der Waals surface area contributed by atoms with E-state index >= 15 is 0 Å². The van der Waals surface area contributed by atoms with Gasteiger partial charge in [-0.1, -0.05) is 15.9 Å². The molecular weight excluding hydrogens is 350 g/mol. The third-order valence-corrected chi connectivity index (χ3v) is 3.54. The summed E-state index contributed by atoms with van der Waals surface area (Å²) < 4.78 is 0.952. The number of rotatable bonds is 6. The average molecular weight is 372 g/mol. The number of hydrogen-bond acceptors (Lipinski definition) is 4. The van der Waals surface area contributed by atoms with Crippen molar-refractivity contribution in [1.29, 1.82) is 0 Å². The third kappa shape index (κ3) is 6.55. The second-order valence-corrected chi connectivity index (χ2v) is 6.86. The number of benzene rings is 1. The van der Waals surface area contributed by atoms with Crippen LogP contribution in [0.2, 0.25) is 0 Å². The van der Waals surface area contributed by atoms with Gasteiger partial charge in [-0.25, -0.2) is 0 Å². The standard InChI is InChI=1S/C15H22BrN3O3/c1-9-7-10(5-6-11(9)16)18-14(21)12(8-13(17)20)19-22-15(2,3)4/h5-7,12,19H,8H2,1-4H3,(H2,17,20)(H,18,21)/t12-/m0/s1. The molecule has 0 spiro atoms. The maximum Gasteiger partial charge on any atom is 0.244 e. The molecule has 0 unspecified atom stereocenters. The van der Waals surface area contributed by atoms with Crippen LogP contribution >= 0.6 is 15.9 Å². The molecule has 6 nitrogen and oxygen atoms in total. The number of hydrogen-bond donors (Lipinski definition) is 3. The second-order valence-electron chi connectivity index (χ2n) is 6.01. The quantitative estimate of drug-likeness (QED) is 0.668. The van der Waals surface area contributed by atoms with Gasteiger partial charge in [0, 0.05) is 10.2 Å². The van der Waals surface area contributed by atoms with Gasteiger partial charge in [0.25, 0.3) is 0 Å². The van der Waals surface area contributed by atoms with Crippen LogP contribution in [0.5, 0.6) is 0 Å². The van der Waals surface area contributed by atoms with Crippen LogP contribution in [0, 0.1) is 6.92 Å². The molecule has 0 fully saturated rings. The topological polar surface area (TPSA) is 93.5 Å². The first kappa shape index (κ1) is 18.6. The van der Waals surface area contributed by atoms with Gasteiger partial charge in [-0.2, -0.15) is 5.48 Å². The van der Waals surface area contributed by atoms with Gasteiger partial charge in [0.2, 0.25) is 11.8 Å². The van der Waals surface area contributed by atoms with Crippen molar-refractivity contribution in [2.24, 2.45) is 5.73 Å². The van der Waals surface area contributed by atoms with E-state index in [2.05, 4.69) is 26.7 Å². The zero-order chi connectivity index (χ0) is 16.9. The van der Waals surface area contributed by atoms with E-state index in [0.29, 0.717) is 5.69 Å². The van der Waals surface area contributed by atoms with Crippen molar-refractivity contribution in [3.63, 3.8) is 0 Å². The highest BCUT2D eigenvalue weighted by atomic mass is 79.9. The lowest BCUT2D eigenvalue weighted by molar-refractivity contribution is -0.135. The summed E-state index contributed by atoms with van der Waals surface area (Å²) in [7, 11) is 0. The van der Waals surface area contributed by atoms with Gasteiger partial charge in [0.05, 0.1) is 12.0 Å². The van der Waals surface area contributed by atoms with Crippen LogP contribution in [-0.2, 0) is 14.4 Å². The summed E-state index contributed by atoms with van der Waals surface area (Å²) in [5.41, 5.74) is 8.93. The first-order valence-corrected chi connectivity index (χ1v) is 7.66. The van der Waals surface area contributed by atoms with Crippen molar-refractivity contribution in [2.45, 2.75) is 45.8 Å². The maximum atomic E-state index is 12.3. The molecule has 7 heteroatoms. The number of carbonyl (C=O) groups is 2. The van der Waals surface area contributed by atoms with Crippen molar-refractivity contribution in [3.8, 4) is 0 Å². The lowest BCUT2D eigenvalue weighted by Crippen LogP contribution is -2.46. The molecule has 0 aromatic heterocycles. The van der Waals surface area contributed by atoms with E-state index in [-0.39, 0.29) is 12.3 Å². The Bertz CT molecular complexity index is 555. The SMILES string of the molecule is Cc1cc(NC(=O)[C@H](CC(N)=O)NOC(C)(C)C)ccc1Br. The zero-order valence-electron chi connectivity index (χ0n) is 13.2. The molecule has 0 saturated carbocycles. The molecule has 0 saturated heterocycles. The predicted molar refractivity (Wildman–Crippen MR) is 89.1 cm³/mol. The molecule has 4 N–H and O–H groups in total. The molecule has 122 valence electrons. The Balaban J connectivity index is 2.77. The monoisotopic (exact) mass is 371 g/mol. The molecule has 1 atom stereocenters. The van der Waals surface area contributed by atoms with Crippen LogP contribution in [0.15, 0.2) is 22.7 Å². The van der Waals surface area contributed by atoms with E-state index in [1.54, 1.807) is 6.07 Å². The molecule has 0 aliphatic heterocycles. The number of anilines is 1. The van der Waals surface area contributed by atoms with Gasteiger partial charge in [0.1, 0.15) is 6.04 Å². The first-order valence-electron chi connectivity index (χ1n) is 6.87. The molecule has 0 bridgehead atoms. The highest BCUT2D eigenvalue weighted by molar-refractivity contribution is 9.10. The number of amides is 2. The van der Waals surface area contributed by atoms with E-state index in [4.69, 9.17) is 10.6 Å². The average Bonchev–Trinajstić information content (AvgIpc) is 2.37. The number of primary amides is 1. The van der Waals surface area contributed by atoms with E-state index in [1.165, 1.54) is 0 Å². The van der Waals surface area contributed by atoms with Gasteiger partial charge in [0.15, 0.2) is 0 Å². The molecule has 1 aromatic carbocycles. The normalized spacial score (nSPS) is 12.8. The number of carbonyl (C=O) groups excluding carboxylic acids is 2. The summed E-state index contributed by atoms with van der Waals surface area (Å²) in [5.74, 6) is -0.970. The summed E-state index contributed by atoms with van der Waals surface area (Å²) >= 11 is 3.40. The fourth-order valence-corrected chi connectivity index (χ4v) is 1.84. The summed E-state index contributed by atoms with van der Waals surface area (Å²) in [6.45, 7) is 7.41. The fraction of sp³-hybridized carbons (Fsp3) is 0.467. The van der Waals surface area contributed by atoms with E-state index in [1.807, 2.05) is 39.8 Å². The molecule has 1 aromatic rings. The van der Waals surface area contributed by atoms with E-state index < -0.39 is 17.6 Å². The summed E-state index contributed by atoms with van der Waals surface area (Å²) in [4.78, 5) is 28.8. The van der Waals surface area contributed by atoms with Crippen molar-refractivity contribution in [2.75, 3.05) is 5.32 Å².